The van der Waals surface area contributed by atoms with Gasteiger partial charge in [-0.3, -0.25) is 0 Å². The van der Waals surface area contributed by atoms with E-state index in [1.165, 1.54) is 12.1 Å². The van der Waals surface area contributed by atoms with Gasteiger partial charge in [-0.25, -0.2) is 0 Å². The van der Waals surface area contributed by atoms with Crippen LogP contribution < -0.4 is 9.47 Å². The molecule has 0 aliphatic heterocycles. The van der Waals surface area contributed by atoms with E-state index in [-0.39, 0.29) is 11.5 Å². The lowest BCUT2D eigenvalue weighted by molar-refractivity contribution is 0.262. The van der Waals surface area contributed by atoms with Gasteiger partial charge in [0.15, 0.2) is 11.5 Å². The van der Waals surface area contributed by atoms with Crippen molar-refractivity contribution in [3.05, 3.63) is 23.8 Å². The van der Waals surface area contributed by atoms with Crippen LogP contribution in [-0.2, 0) is 0 Å². The normalized spacial score (nSPS) is 18.8. The lowest BCUT2D eigenvalue weighted by Crippen LogP contribution is -2.05. The third kappa shape index (κ3) is 2.74. The average molecular weight is 254 g/mol. The highest BCUT2D eigenvalue weighted by molar-refractivity contribution is 5.35. The van der Waals surface area contributed by atoms with E-state index in [2.05, 4.69) is 0 Å². The molecule has 2 aliphatic rings. The molecule has 0 radical (unpaired) electrons. The number of hydrogen-bond donors (Lipinski definition) is 0. The Kier molecular flexibility index (Phi) is 3.10. The topological polar surface area (TPSA) is 18.5 Å². The minimum absolute atomic E-state index is 0.0156. The van der Waals surface area contributed by atoms with Crippen molar-refractivity contribution in [2.24, 2.45) is 11.8 Å². The van der Waals surface area contributed by atoms with E-state index >= 15 is 0 Å². The zero-order valence-electron chi connectivity index (χ0n) is 10.1. The van der Waals surface area contributed by atoms with Crippen molar-refractivity contribution in [3.8, 4) is 11.5 Å². The zero-order valence-corrected chi connectivity index (χ0v) is 10.1. The highest BCUT2D eigenvalue weighted by atomic mass is 19.2. The van der Waals surface area contributed by atoms with Crippen LogP contribution in [0.2, 0.25) is 0 Å². The second-order valence-electron chi connectivity index (χ2n) is 5.20. The summed E-state index contributed by atoms with van der Waals surface area (Å²) in [5.41, 5.74) is 0. The average Bonchev–Trinajstić information content (AvgIpc) is 3.24. The minimum atomic E-state index is -0.941. The Morgan fingerprint density at radius 3 is 1.56 bits per heavy atom. The molecule has 2 fully saturated rings. The number of ether oxygens (including phenoxy) is 2. The van der Waals surface area contributed by atoms with Crippen molar-refractivity contribution in [2.45, 2.75) is 25.7 Å². The standard InChI is InChI=1S/C14H16F2O2/c15-13-11(17-7-9-1-2-9)5-6-12(14(13)16)18-8-10-3-4-10/h5-6,9-10H,1-4,7-8H2. The summed E-state index contributed by atoms with van der Waals surface area (Å²) in [4.78, 5) is 0. The summed E-state index contributed by atoms with van der Waals surface area (Å²) >= 11 is 0. The molecule has 0 N–H and O–H groups in total. The fourth-order valence-electron chi connectivity index (χ4n) is 1.72. The van der Waals surface area contributed by atoms with Crippen molar-refractivity contribution in [1.82, 2.24) is 0 Å². The van der Waals surface area contributed by atoms with Gasteiger partial charge in [0.05, 0.1) is 13.2 Å². The van der Waals surface area contributed by atoms with Crippen LogP contribution in [0.1, 0.15) is 25.7 Å². The summed E-state index contributed by atoms with van der Waals surface area (Å²) in [6.45, 7) is 0.942. The smallest absolute Gasteiger partial charge is 0.204 e. The molecule has 2 saturated carbocycles. The molecule has 2 nitrogen and oxygen atoms in total. The first-order valence-corrected chi connectivity index (χ1v) is 6.47. The minimum Gasteiger partial charge on any atom is -0.490 e. The van der Waals surface area contributed by atoms with Gasteiger partial charge in [0.25, 0.3) is 0 Å². The molecule has 1 aromatic rings. The Labute approximate surface area is 105 Å². The Balaban J connectivity index is 1.65. The summed E-state index contributed by atoms with van der Waals surface area (Å²) < 4.78 is 37.9. The second-order valence-corrected chi connectivity index (χ2v) is 5.20. The van der Waals surface area contributed by atoms with E-state index in [9.17, 15) is 8.78 Å². The number of halogens is 2. The third-order valence-corrected chi connectivity index (χ3v) is 3.35. The first-order chi connectivity index (χ1) is 8.74. The van der Waals surface area contributed by atoms with Gasteiger partial charge in [-0.2, -0.15) is 8.78 Å². The molecule has 0 amide bonds. The maximum Gasteiger partial charge on any atom is 0.204 e. The van der Waals surface area contributed by atoms with Crippen LogP contribution in [0.25, 0.3) is 0 Å². The molecule has 4 heteroatoms. The second kappa shape index (κ2) is 4.75. The van der Waals surface area contributed by atoms with Crippen molar-refractivity contribution in [1.29, 1.82) is 0 Å². The van der Waals surface area contributed by atoms with Gasteiger partial charge in [-0.15, -0.1) is 0 Å². The first kappa shape index (κ1) is 11.8. The molecular weight excluding hydrogens is 238 g/mol. The molecule has 0 saturated heterocycles. The van der Waals surface area contributed by atoms with Crippen LogP contribution in [0, 0.1) is 23.5 Å². The highest BCUT2D eigenvalue weighted by Gasteiger charge is 2.25. The summed E-state index contributed by atoms with van der Waals surface area (Å²) in [7, 11) is 0. The van der Waals surface area contributed by atoms with E-state index < -0.39 is 11.6 Å². The lowest BCUT2D eigenvalue weighted by Gasteiger charge is -2.10. The zero-order chi connectivity index (χ0) is 12.5. The maximum absolute atomic E-state index is 13.7. The van der Waals surface area contributed by atoms with E-state index in [1.54, 1.807) is 0 Å². The highest BCUT2D eigenvalue weighted by Crippen LogP contribution is 2.34. The molecule has 0 unspecified atom stereocenters. The van der Waals surface area contributed by atoms with E-state index in [4.69, 9.17) is 9.47 Å². The maximum atomic E-state index is 13.7. The van der Waals surface area contributed by atoms with Gasteiger partial charge < -0.3 is 9.47 Å². The fourth-order valence-corrected chi connectivity index (χ4v) is 1.72. The molecule has 18 heavy (non-hydrogen) atoms. The van der Waals surface area contributed by atoms with Crippen LogP contribution >= 0.6 is 0 Å². The Morgan fingerprint density at radius 2 is 1.22 bits per heavy atom. The monoisotopic (exact) mass is 254 g/mol. The van der Waals surface area contributed by atoms with Crippen molar-refractivity contribution < 1.29 is 18.3 Å². The predicted octanol–water partition coefficient (Wildman–Crippen LogP) is 3.54. The van der Waals surface area contributed by atoms with Crippen LogP contribution in [-0.4, -0.2) is 13.2 Å². The quantitative estimate of drug-likeness (QED) is 0.773. The van der Waals surface area contributed by atoms with E-state index in [0.29, 0.717) is 25.0 Å². The predicted molar refractivity (Wildman–Crippen MR) is 62.8 cm³/mol. The lowest BCUT2D eigenvalue weighted by atomic mass is 10.3. The third-order valence-electron chi connectivity index (χ3n) is 3.35. The largest absolute Gasteiger partial charge is 0.490 e. The Morgan fingerprint density at radius 1 is 0.833 bits per heavy atom. The van der Waals surface area contributed by atoms with Gasteiger partial charge in [-0.1, -0.05) is 0 Å². The molecule has 0 atom stereocenters. The van der Waals surface area contributed by atoms with Crippen LogP contribution in [0.4, 0.5) is 8.78 Å². The Hall–Kier alpha value is -1.32. The van der Waals surface area contributed by atoms with Gasteiger partial charge >= 0.3 is 0 Å². The van der Waals surface area contributed by atoms with E-state index in [1.807, 2.05) is 0 Å². The van der Waals surface area contributed by atoms with Crippen LogP contribution in [0.15, 0.2) is 12.1 Å². The number of rotatable bonds is 6. The summed E-state index contributed by atoms with van der Waals surface area (Å²) in [5.74, 6) is -0.888. The van der Waals surface area contributed by atoms with Crippen molar-refractivity contribution in [3.63, 3.8) is 0 Å². The SMILES string of the molecule is Fc1c(OCC2CC2)ccc(OCC2CC2)c1F. The number of hydrogen-bond acceptors (Lipinski definition) is 2. The van der Waals surface area contributed by atoms with E-state index in [0.717, 1.165) is 25.7 Å². The molecule has 2 aliphatic carbocycles. The molecular formula is C14H16F2O2. The van der Waals surface area contributed by atoms with Crippen LogP contribution in [0.3, 0.4) is 0 Å². The van der Waals surface area contributed by atoms with Gasteiger partial charge in [0.2, 0.25) is 11.6 Å². The van der Waals surface area contributed by atoms with Crippen molar-refractivity contribution >= 4 is 0 Å². The van der Waals surface area contributed by atoms with Crippen molar-refractivity contribution in [2.75, 3.05) is 13.2 Å². The first-order valence-electron chi connectivity index (χ1n) is 6.47. The molecule has 0 heterocycles. The van der Waals surface area contributed by atoms with Gasteiger partial charge in [0.1, 0.15) is 0 Å². The fraction of sp³-hybridized carbons (Fsp3) is 0.571. The Bertz CT molecular complexity index is 399. The van der Waals surface area contributed by atoms with Gasteiger partial charge in [0, 0.05) is 0 Å². The molecule has 3 rings (SSSR count). The molecule has 98 valence electrons. The summed E-state index contributed by atoms with van der Waals surface area (Å²) in [6.07, 6.45) is 4.47. The van der Waals surface area contributed by atoms with Crippen LogP contribution in [0.5, 0.6) is 11.5 Å². The summed E-state index contributed by atoms with van der Waals surface area (Å²) in [5, 5.41) is 0. The molecule has 1 aromatic carbocycles. The molecule has 0 aromatic heterocycles. The number of benzene rings is 1. The molecule has 0 bridgehead atoms. The summed E-state index contributed by atoms with van der Waals surface area (Å²) in [6, 6.07) is 2.89. The molecule has 0 spiro atoms. The van der Waals surface area contributed by atoms with Gasteiger partial charge in [-0.05, 0) is 49.7 Å².